The summed E-state index contributed by atoms with van der Waals surface area (Å²) in [7, 11) is 2.07. The number of carboxylic acid groups (broad SMARTS) is 1. The fraction of sp³-hybridized carbons (Fsp3) is 0.846. The number of amides is 2. The maximum absolute atomic E-state index is 12.0. The summed E-state index contributed by atoms with van der Waals surface area (Å²) in [5.41, 5.74) is -1.03. The number of aliphatic carboxylic acids is 1. The predicted octanol–water partition coefficient (Wildman–Crippen LogP) is 0.633. The van der Waals surface area contributed by atoms with Gasteiger partial charge < -0.3 is 20.6 Å². The van der Waals surface area contributed by atoms with Crippen LogP contribution in [0.2, 0.25) is 0 Å². The van der Waals surface area contributed by atoms with Gasteiger partial charge in [0.1, 0.15) is 5.54 Å². The molecule has 2 unspecified atom stereocenters. The molecular weight excluding hydrogens is 246 g/mol. The molecule has 6 heteroatoms. The molecule has 0 aromatic rings. The first kappa shape index (κ1) is 14.1. The topological polar surface area (TPSA) is 81.7 Å². The molecule has 6 nitrogen and oxygen atoms in total. The van der Waals surface area contributed by atoms with Crippen LogP contribution in [0, 0.1) is 5.92 Å². The van der Waals surface area contributed by atoms with Crippen molar-refractivity contribution in [1.29, 1.82) is 0 Å². The number of urea groups is 1. The molecule has 19 heavy (non-hydrogen) atoms. The molecule has 1 aliphatic heterocycles. The summed E-state index contributed by atoms with van der Waals surface area (Å²) in [6.07, 6.45) is 2.82. The van der Waals surface area contributed by atoms with Gasteiger partial charge in [-0.1, -0.05) is 6.92 Å². The number of likely N-dealkylation sites (tertiary alicyclic amines) is 1. The highest BCUT2D eigenvalue weighted by Crippen LogP contribution is 2.32. The molecule has 0 aromatic carbocycles. The van der Waals surface area contributed by atoms with Crippen molar-refractivity contribution in [3.05, 3.63) is 0 Å². The van der Waals surface area contributed by atoms with E-state index in [1.54, 1.807) is 0 Å². The van der Waals surface area contributed by atoms with E-state index in [9.17, 15) is 14.7 Å². The van der Waals surface area contributed by atoms with Gasteiger partial charge in [0.25, 0.3) is 0 Å². The number of nitrogens with one attached hydrogen (secondary N) is 2. The van der Waals surface area contributed by atoms with Crippen molar-refractivity contribution < 1.29 is 14.7 Å². The summed E-state index contributed by atoms with van der Waals surface area (Å²) in [4.78, 5) is 25.4. The molecule has 108 valence electrons. The van der Waals surface area contributed by atoms with Crippen molar-refractivity contribution in [2.24, 2.45) is 5.92 Å². The predicted molar refractivity (Wildman–Crippen MR) is 71.0 cm³/mol. The van der Waals surface area contributed by atoms with Gasteiger partial charge in [0.05, 0.1) is 0 Å². The Labute approximate surface area is 113 Å². The van der Waals surface area contributed by atoms with Crippen LogP contribution in [-0.4, -0.2) is 53.7 Å². The quantitative estimate of drug-likeness (QED) is 0.702. The van der Waals surface area contributed by atoms with E-state index in [0.29, 0.717) is 18.8 Å². The number of carbonyl (C=O) groups is 2. The Hall–Kier alpha value is -1.30. The second kappa shape index (κ2) is 5.36. The lowest BCUT2D eigenvalue weighted by atomic mass is 9.77. The zero-order chi connectivity index (χ0) is 14.0. The monoisotopic (exact) mass is 269 g/mol. The number of piperidine rings is 1. The Morgan fingerprint density at radius 3 is 2.53 bits per heavy atom. The molecule has 2 aliphatic rings. The van der Waals surface area contributed by atoms with Crippen LogP contribution in [0.25, 0.3) is 0 Å². The number of hydrogen-bond donors (Lipinski definition) is 3. The average Bonchev–Trinajstić information content (AvgIpc) is 2.27. The van der Waals surface area contributed by atoms with E-state index in [2.05, 4.69) is 29.5 Å². The standard InChI is InChI=1S/C13H23N3O3/c1-9-8-16(2)7-4-10(9)14-12(19)15-13(11(17)18)5-3-6-13/h9-10H,3-8H2,1-2H3,(H,17,18)(H2,14,15,19). The fourth-order valence-corrected chi connectivity index (χ4v) is 2.91. The number of nitrogens with zero attached hydrogens (tertiary/aromatic N) is 1. The van der Waals surface area contributed by atoms with Crippen molar-refractivity contribution in [1.82, 2.24) is 15.5 Å². The zero-order valence-corrected chi connectivity index (χ0v) is 11.6. The average molecular weight is 269 g/mol. The fourth-order valence-electron chi connectivity index (χ4n) is 2.91. The van der Waals surface area contributed by atoms with Crippen molar-refractivity contribution in [2.75, 3.05) is 20.1 Å². The minimum absolute atomic E-state index is 0.127. The number of hydrogen-bond acceptors (Lipinski definition) is 3. The second-order valence-electron chi connectivity index (χ2n) is 5.97. The van der Waals surface area contributed by atoms with E-state index in [1.807, 2.05) is 0 Å². The molecule has 0 spiro atoms. The first-order valence-electron chi connectivity index (χ1n) is 6.93. The van der Waals surface area contributed by atoms with Crippen LogP contribution < -0.4 is 10.6 Å². The van der Waals surface area contributed by atoms with Gasteiger partial charge in [-0.05, 0) is 45.2 Å². The summed E-state index contributed by atoms with van der Waals surface area (Å²) >= 11 is 0. The van der Waals surface area contributed by atoms with Crippen LogP contribution in [0.3, 0.4) is 0 Å². The number of carbonyl (C=O) groups excluding carboxylic acids is 1. The summed E-state index contributed by atoms with van der Waals surface area (Å²) in [5, 5.41) is 14.7. The van der Waals surface area contributed by atoms with Crippen LogP contribution >= 0.6 is 0 Å². The molecule has 1 aliphatic carbocycles. The van der Waals surface area contributed by atoms with Crippen LogP contribution in [0.15, 0.2) is 0 Å². The van der Waals surface area contributed by atoms with E-state index in [-0.39, 0.29) is 12.1 Å². The maximum atomic E-state index is 12.0. The van der Waals surface area contributed by atoms with Gasteiger partial charge in [-0.2, -0.15) is 0 Å². The zero-order valence-electron chi connectivity index (χ0n) is 11.6. The SMILES string of the molecule is CC1CN(C)CCC1NC(=O)NC1(C(=O)O)CCC1. The number of carboxylic acids is 1. The highest BCUT2D eigenvalue weighted by molar-refractivity contribution is 5.87. The van der Waals surface area contributed by atoms with Gasteiger partial charge in [0, 0.05) is 12.6 Å². The normalized spacial score (nSPS) is 30.2. The summed E-state index contributed by atoms with van der Waals surface area (Å²) in [6, 6.07) is -0.217. The van der Waals surface area contributed by atoms with E-state index < -0.39 is 11.5 Å². The Morgan fingerprint density at radius 1 is 1.37 bits per heavy atom. The van der Waals surface area contributed by atoms with Crippen molar-refractivity contribution in [3.63, 3.8) is 0 Å². The molecule has 1 heterocycles. The van der Waals surface area contributed by atoms with Crippen molar-refractivity contribution in [3.8, 4) is 0 Å². The smallest absolute Gasteiger partial charge is 0.329 e. The lowest BCUT2D eigenvalue weighted by Gasteiger charge is -2.40. The Bertz CT molecular complexity index is 368. The third-order valence-electron chi connectivity index (χ3n) is 4.39. The van der Waals surface area contributed by atoms with E-state index in [4.69, 9.17) is 0 Å². The van der Waals surface area contributed by atoms with Gasteiger partial charge in [0.15, 0.2) is 0 Å². The molecular formula is C13H23N3O3. The maximum Gasteiger partial charge on any atom is 0.329 e. The lowest BCUT2D eigenvalue weighted by Crippen LogP contribution is -2.63. The molecule has 2 atom stereocenters. The first-order chi connectivity index (χ1) is 8.93. The molecule has 1 saturated heterocycles. The van der Waals surface area contributed by atoms with Gasteiger partial charge in [0.2, 0.25) is 0 Å². The van der Waals surface area contributed by atoms with Crippen LogP contribution in [0.1, 0.15) is 32.6 Å². The summed E-state index contributed by atoms with van der Waals surface area (Å²) < 4.78 is 0. The first-order valence-corrected chi connectivity index (χ1v) is 6.93. The van der Waals surface area contributed by atoms with Gasteiger partial charge >= 0.3 is 12.0 Å². The molecule has 2 rings (SSSR count). The van der Waals surface area contributed by atoms with Crippen LogP contribution in [0.4, 0.5) is 4.79 Å². The Morgan fingerprint density at radius 2 is 2.05 bits per heavy atom. The number of rotatable bonds is 3. The minimum atomic E-state index is -1.03. The molecule has 0 bridgehead atoms. The van der Waals surface area contributed by atoms with Crippen LogP contribution in [0.5, 0.6) is 0 Å². The van der Waals surface area contributed by atoms with Gasteiger partial charge in [-0.25, -0.2) is 9.59 Å². The van der Waals surface area contributed by atoms with E-state index >= 15 is 0 Å². The second-order valence-corrected chi connectivity index (χ2v) is 5.97. The van der Waals surface area contributed by atoms with Crippen LogP contribution in [-0.2, 0) is 4.79 Å². The Kier molecular flexibility index (Phi) is 3.99. The van der Waals surface area contributed by atoms with Crippen molar-refractivity contribution in [2.45, 2.75) is 44.2 Å². The molecule has 2 amide bonds. The molecule has 0 aromatic heterocycles. The van der Waals surface area contributed by atoms with Crippen molar-refractivity contribution >= 4 is 12.0 Å². The Balaban J connectivity index is 1.86. The summed E-state index contributed by atoms with van der Waals surface area (Å²) in [5.74, 6) is -0.544. The largest absolute Gasteiger partial charge is 0.480 e. The third-order valence-corrected chi connectivity index (χ3v) is 4.39. The van der Waals surface area contributed by atoms with Gasteiger partial charge in [-0.3, -0.25) is 0 Å². The summed E-state index contributed by atoms with van der Waals surface area (Å²) in [6.45, 7) is 4.02. The molecule has 1 saturated carbocycles. The third kappa shape index (κ3) is 3.00. The highest BCUT2D eigenvalue weighted by Gasteiger charge is 2.46. The highest BCUT2D eigenvalue weighted by atomic mass is 16.4. The van der Waals surface area contributed by atoms with E-state index in [1.165, 1.54) is 0 Å². The minimum Gasteiger partial charge on any atom is -0.480 e. The van der Waals surface area contributed by atoms with E-state index in [0.717, 1.165) is 25.9 Å². The van der Waals surface area contributed by atoms with Gasteiger partial charge in [-0.15, -0.1) is 0 Å². The lowest BCUT2D eigenvalue weighted by molar-refractivity contribution is -0.148. The molecule has 0 radical (unpaired) electrons. The molecule has 2 fully saturated rings. The molecule has 3 N–H and O–H groups in total.